The summed E-state index contributed by atoms with van der Waals surface area (Å²) in [5.41, 5.74) is 2.38. The van der Waals surface area contributed by atoms with Crippen LogP contribution in [0.4, 0.5) is 13.2 Å². The van der Waals surface area contributed by atoms with E-state index < -0.39 is 12.7 Å². The SMILES string of the molecule is CN(C/C=C/C(=O)N1CCc2ccccc2C1)CC(F)(F)F. The minimum absolute atomic E-state index is 0.0929. The molecule has 2 rings (SSSR count). The van der Waals surface area contributed by atoms with E-state index in [1.54, 1.807) is 4.90 Å². The van der Waals surface area contributed by atoms with Gasteiger partial charge in [-0.25, -0.2) is 0 Å². The van der Waals surface area contributed by atoms with Gasteiger partial charge in [-0.2, -0.15) is 13.2 Å². The van der Waals surface area contributed by atoms with Crippen LogP contribution in [0.15, 0.2) is 36.4 Å². The number of likely N-dealkylation sites (N-methyl/N-ethyl adjacent to an activating group) is 1. The molecule has 1 aliphatic heterocycles. The molecule has 120 valence electrons. The van der Waals surface area contributed by atoms with Crippen LogP contribution in [0, 0.1) is 0 Å². The van der Waals surface area contributed by atoms with Crippen molar-refractivity contribution in [1.29, 1.82) is 0 Å². The van der Waals surface area contributed by atoms with Gasteiger partial charge in [0.1, 0.15) is 0 Å². The monoisotopic (exact) mass is 312 g/mol. The van der Waals surface area contributed by atoms with Gasteiger partial charge in [0.15, 0.2) is 0 Å². The van der Waals surface area contributed by atoms with E-state index in [9.17, 15) is 18.0 Å². The third-order valence-electron chi connectivity index (χ3n) is 3.57. The molecule has 0 N–H and O–H groups in total. The molecule has 22 heavy (non-hydrogen) atoms. The number of amides is 1. The Balaban J connectivity index is 1.84. The summed E-state index contributed by atoms with van der Waals surface area (Å²) < 4.78 is 36.5. The van der Waals surface area contributed by atoms with Crippen LogP contribution in [0.3, 0.4) is 0 Å². The second-order valence-corrected chi connectivity index (χ2v) is 5.49. The minimum Gasteiger partial charge on any atom is -0.335 e. The van der Waals surface area contributed by atoms with Gasteiger partial charge >= 0.3 is 6.18 Å². The molecule has 1 aromatic rings. The lowest BCUT2D eigenvalue weighted by Gasteiger charge is -2.28. The topological polar surface area (TPSA) is 23.6 Å². The molecule has 0 aromatic heterocycles. The van der Waals surface area contributed by atoms with E-state index in [1.165, 1.54) is 24.8 Å². The van der Waals surface area contributed by atoms with Crippen molar-refractivity contribution in [3.05, 3.63) is 47.5 Å². The van der Waals surface area contributed by atoms with Gasteiger partial charge in [-0.05, 0) is 24.6 Å². The predicted octanol–water partition coefficient (Wildman–Crippen LogP) is 2.62. The quantitative estimate of drug-likeness (QED) is 0.798. The molecule has 0 saturated carbocycles. The Kier molecular flexibility index (Phi) is 5.24. The average Bonchev–Trinajstić information content (AvgIpc) is 2.44. The molecule has 1 heterocycles. The molecule has 1 amide bonds. The molecule has 3 nitrogen and oxygen atoms in total. The van der Waals surface area contributed by atoms with Gasteiger partial charge in [-0.15, -0.1) is 0 Å². The maximum atomic E-state index is 12.2. The van der Waals surface area contributed by atoms with E-state index in [0.29, 0.717) is 13.1 Å². The molecule has 1 aliphatic rings. The van der Waals surface area contributed by atoms with Gasteiger partial charge in [0.25, 0.3) is 0 Å². The van der Waals surface area contributed by atoms with E-state index >= 15 is 0 Å². The second kappa shape index (κ2) is 6.96. The summed E-state index contributed by atoms with van der Waals surface area (Å²) in [6.07, 6.45) is -0.567. The average molecular weight is 312 g/mol. The highest BCUT2D eigenvalue weighted by molar-refractivity contribution is 5.87. The first-order valence-electron chi connectivity index (χ1n) is 7.13. The summed E-state index contributed by atoms with van der Waals surface area (Å²) >= 11 is 0. The zero-order valence-corrected chi connectivity index (χ0v) is 12.4. The van der Waals surface area contributed by atoms with Gasteiger partial charge in [0.2, 0.25) is 5.91 Å². The normalized spacial score (nSPS) is 15.4. The zero-order chi connectivity index (χ0) is 16.2. The molecule has 0 atom stereocenters. The van der Waals surface area contributed by atoms with Crippen LogP contribution in [0.25, 0.3) is 0 Å². The van der Waals surface area contributed by atoms with Crippen molar-refractivity contribution in [2.45, 2.75) is 19.1 Å². The van der Waals surface area contributed by atoms with Crippen LogP contribution < -0.4 is 0 Å². The highest BCUT2D eigenvalue weighted by Gasteiger charge is 2.28. The van der Waals surface area contributed by atoms with Gasteiger partial charge in [0.05, 0.1) is 6.54 Å². The summed E-state index contributed by atoms with van der Waals surface area (Å²) in [6.45, 7) is 0.300. The number of fused-ring (bicyclic) bond motifs is 1. The molecule has 0 aliphatic carbocycles. The summed E-state index contributed by atoms with van der Waals surface area (Å²) in [5, 5.41) is 0. The van der Waals surface area contributed by atoms with Crippen LogP contribution in [-0.2, 0) is 17.8 Å². The molecule has 0 unspecified atom stereocenters. The molecule has 0 saturated heterocycles. The first-order chi connectivity index (χ1) is 10.3. The highest BCUT2D eigenvalue weighted by atomic mass is 19.4. The largest absolute Gasteiger partial charge is 0.401 e. The van der Waals surface area contributed by atoms with E-state index in [2.05, 4.69) is 6.07 Å². The van der Waals surface area contributed by atoms with Crippen LogP contribution in [-0.4, -0.2) is 48.6 Å². The van der Waals surface area contributed by atoms with Crippen molar-refractivity contribution in [1.82, 2.24) is 9.80 Å². The van der Waals surface area contributed by atoms with Gasteiger partial charge in [-0.3, -0.25) is 9.69 Å². The summed E-state index contributed by atoms with van der Waals surface area (Å²) in [7, 11) is 1.37. The maximum Gasteiger partial charge on any atom is 0.401 e. The fourth-order valence-corrected chi connectivity index (χ4v) is 2.49. The fourth-order valence-electron chi connectivity index (χ4n) is 2.49. The van der Waals surface area contributed by atoms with Crippen molar-refractivity contribution in [2.24, 2.45) is 0 Å². The number of carbonyl (C=O) groups is 1. The first kappa shape index (κ1) is 16.5. The second-order valence-electron chi connectivity index (χ2n) is 5.49. The highest BCUT2D eigenvalue weighted by Crippen LogP contribution is 2.18. The molecule has 1 aromatic carbocycles. The lowest BCUT2D eigenvalue weighted by Crippen LogP contribution is -2.35. The number of benzene rings is 1. The van der Waals surface area contributed by atoms with Crippen molar-refractivity contribution in [2.75, 3.05) is 26.7 Å². The Morgan fingerprint density at radius 1 is 1.32 bits per heavy atom. The Morgan fingerprint density at radius 3 is 2.68 bits per heavy atom. The molecular weight excluding hydrogens is 293 g/mol. The van der Waals surface area contributed by atoms with E-state index in [0.717, 1.165) is 16.9 Å². The summed E-state index contributed by atoms with van der Waals surface area (Å²) in [4.78, 5) is 14.9. The van der Waals surface area contributed by atoms with Crippen molar-refractivity contribution in [3.63, 3.8) is 0 Å². The number of alkyl halides is 3. The fraction of sp³-hybridized carbons (Fsp3) is 0.438. The number of nitrogens with zero attached hydrogens (tertiary/aromatic N) is 2. The van der Waals surface area contributed by atoms with Crippen molar-refractivity contribution in [3.8, 4) is 0 Å². The number of carbonyl (C=O) groups excluding carboxylic acids is 1. The standard InChI is InChI=1S/C16H19F3N2O/c1-20(12-16(17,18)19)9-4-7-15(22)21-10-8-13-5-2-3-6-14(13)11-21/h2-7H,8-12H2,1H3/b7-4+. The third kappa shape index (κ3) is 4.87. The Labute approximate surface area is 128 Å². The third-order valence-corrected chi connectivity index (χ3v) is 3.57. The van der Waals surface area contributed by atoms with Crippen LogP contribution >= 0.6 is 0 Å². The number of hydrogen-bond donors (Lipinski definition) is 0. The van der Waals surface area contributed by atoms with Gasteiger partial charge < -0.3 is 4.90 Å². The molecule has 0 radical (unpaired) electrons. The van der Waals surface area contributed by atoms with E-state index in [-0.39, 0.29) is 12.5 Å². The predicted molar refractivity (Wildman–Crippen MR) is 78.3 cm³/mol. The molecular formula is C16H19F3N2O. The first-order valence-corrected chi connectivity index (χ1v) is 7.13. The molecule has 0 spiro atoms. The molecule has 6 heteroatoms. The Bertz CT molecular complexity index is 555. The molecule has 0 fully saturated rings. The van der Waals surface area contributed by atoms with Crippen LogP contribution in [0.5, 0.6) is 0 Å². The zero-order valence-electron chi connectivity index (χ0n) is 12.4. The number of rotatable bonds is 4. The maximum absolute atomic E-state index is 12.2. The van der Waals surface area contributed by atoms with Crippen LogP contribution in [0.2, 0.25) is 0 Å². The van der Waals surface area contributed by atoms with Gasteiger partial charge in [0, 0.05) is 25.7 Å². The lowest BCUT2D eigenvalue weighted by atomic mass is 10.00. The lowest BCUT2D eigenvalue weighted by molar-refractivity contribution is -0.141. The number of halogens is 3. The van der Waals surface area contributed by atoms with Crippen molar-refractivity contribution < 1.29 is 18.0 Å². The van der Waals surface area contributed by atoms with Crippen molar-refractivity contribution >= 4 is 5.91 Å². The summed E-state index contributed by atoms with van der Waals surface area (Å²) in [5.74, 6) is -0.157. The Morgan fingerprint density at radius 2 is 2.00 bits per heavy atom. The summed E-state index contributed by atoms with van der Waals surface area (Å²) in [6, 6.07) is 7.97. The van der Waals surface area contributed by atoms with Gasteiger partial charge in [-0.1, -0.05) is 30.3 Å². The number of hydrogen-bond acceptors (Lipinski definition) is 2. The van der Waals surface area contributed by atoms with Crippen LogP contribution in [0.1, 0.15) is 11.1 Å². The minimum atomic E-state index is -4.22. The smallest absolute Gasteiger partial charge is 0.335 e. The van der Waals surface area contributed by atoms with E-state index in [4.69, 9.17) is 0 Å². The molecule has 0 bridgehead atoms. The van der Waals surface area contributed by atoms with E-state index in [1.807, 2.05) is 18.2 Å². The Hall–Kier alpha value is -1.82.